The number of nitrogens with zero attached hydrogens (tertiary/aromatic N) is 3. The van der Waals surface area contributed by atoms with Crippen LogP contribution in [-0.4, -0.2) is 46.1 Å². The summed E-state index contributed by atoms with van der Waals surface area (Å²) in [6, 6.07) is 10.4. The van der Waals surface area contributed by atoms with Gasteiger partial charge in [0.25, 0.3) is 5.91 Å². The minimum atomic E-state index is 0.00200. The fourth-order valence-electron chi connectivity index (χ4n) is 5.60. The van der Waals surface area contributed by atoms with Crippen LogP contribution in [0.1, 0.15) is 42.6 Å². The Morgan fingerprint density at radius 2 is 2.06 bits per heavy atom. The van der Waals surface area contributed by atoms with Crippen molar-refractivity contribution < 1.29 is 9.53 Å². The molecule has 7 heteroatoms. The van der Waals surface area contributed by atoms with Crippen LogP contribution in [0.2, 0.25) is 0 Å². The molecule has 1 amide bonds. The number of benzene rings is 1. The Bertz CT molecular complexity index is 1450. The highest BCUT2D eigenvalue weighted by atomic mass is 32.1. The number of pyridine rings is 1. The Morgan fingerprint density at radius 3 is 2.74 bits per heavy atom. The van der Waals surface area contributed by atoms with Crippen LogP contribution in [0.3, 0.4) is 0 Å². The van der Waals surface area contributed by atoms with Gasteiger partial charge in [-0.25, -0.2) is 4.98 Å². The summed E-state index contributed by atoms with van der Waals surface area (Å²) in [5.74, 6) is 1.79. The highest BCUT2D eigenvalue weighted by Crippen LogP contribution is 2.45. The highest BCUT2D eigenvalue weighted by molar-refractivity contribution is 7.22. The van der Waals surface area contributed by atoms with Gasteiger partial charge in [0.15, 0.2) is 0 Å². The number of hydrogen-bond donors (Lipinski definition) is 1. The van der Waals surface area contributed by atoms with Crippen molar-refractivity contribution in [2.45, 2.75) is 52.2 Å². The van der Waals surface area contributed by atoms with Crippen molar-refractivity contribution in [3.63, 3.8) is 0 Å². The number of nitrogens with two attached hydrogens (primary N) is 1. The molecule has 2 aliphatic rings. The number of thiophene rings is 1. The normalized spacial score (nSPS) is 22.4. The molecule has 2 N–H and O–H groups in total. The largest absolute Gasteiger partial charge is 0.496 e. The van der Waals surface area contributed by atoms with E-state index in [1.807, 2.05) is 36.2 Å². The van der Waals surface area contributed by atoms with Crippen LogP contribution in [0.25, 0.3) is 31.7 Å². The minimum Gasteiger partial charge on any atom is -0.496 e. The second-order valence-corrected chi connectivity index (χ2v) is 11.4. The van der Waals surface area contributed by atoms with Gasteiger partial charge in [0.05, 0.1) is 17.7 Å². The van der Waals surface area contributed by atoms with Crippen molar-refractivity contribution in [3.05, 3.63) is 47.7 Å². The first-order valence-corrected chi connectivity index (χ1v) is 13.3. The smallest absolute Gasteiger partial charge is 0.254 e. The van der Waals surface area contributed by atoms with Crippen molar-refractivity contribution in [3.8, 4) is 16.3 Å². The maximum absolute atomic E-state index is 13.5. The molecule has 6 nitrogen and oxygen atoms in total. The van der Waals surface area contributed by atoms with Gasteiger partial charge in [0, 0.05) is 52.4 Å². The lowest BCUT2D eigenvalue weighted by Crippen LogP contribution is -2.40. The molecule has 0 bridgehead atoms. The van der Waals surface area contributed by atoms with Crippen LogP contribution in [0.15, 0.2) is 36.5 Å². The quantitative estimate of drug-likeness (QED) is 0.405. The molecule has 0 spiro atoms. The van der Waals surface area contributed by atoms with E-state index in [4.69, 9.17) is 15.5 Å². The zero-order chi connectivity index (χ0) is 24.4. The molecule has 182 valence electrons. The zero-order valence-corrected chi connectivity index (χ0v) is 21.6. The maximum Gasteiger partial charge on any atom is 0.254 e. The highest BCUT2D eigenvalue weighted by Gasteiger charge is 2.37. The van der Waals surface area contributed by atoms with E-state index >= 15 is 0 Å². The molecule has 35 heavy (non-hydrogen) atoms. The third kappa shape index (κ3) is 3.64. The third-order valence-corrected chi connectivity index (χ3v) is 9.20. The number of ether oxygens (including phenoxy) is 1. The standard InChI is InChI=1S/C28H32N4O2S/c1-15-13-31(17(3)25(15)29)28(33)20-11-22(34-4)24-16(2)26(35-23(24)12-20)21-10-19-6-5-9-30-27(19)32(21)14-18-7-8-18/h5-6,9-12,15,17-18,25H,7-8,13-14,29H2,1-4H3. The van der Waals surface area contributed by atoms with Crippen molar-refractivity contribution in [1.29, 1.82) is 0 Å². The Balaban J connectivity index is 1.48. The van der Waals surface area contributed by atoms with Crippen molar-refractivity contribution in [1.82, 2.24) is 14.5 Å². The number of fused-ring (bicyclic) bond motifs is 2. The zero-order valence-electron chi connectivity index (χ0n) is 20.7. The fraction of sp³-hybridized carbons (Fsp3) is 0.429. The first-order chi connectivity index (χ1) is 16.9. The van der Waals surface area contributed by atoms with Gasteiger partial charge in [-0.15, -0.1) is 11.3 Å². The van der Waals surface area contributed by atoms with E-state index in [-0.39, 0.29) is 23.9 Å². The number of hydrogen-bond acceptors (Lipinski definition) is 5. The molecule has 3 unspecified atom stereocenters. The predicted molar refractivity (Wildman–Crippen MR) is 142 cm³/mol. The second kappa shape index (κ2) is 8.35. The Labute approximate surface area is 209 Å². The lowest BCUT2D eigenvalue weighted by atomic mass is 10.0. The second-order valence-electron chi connectivity index (χ2n) is 10.4. The van der Waals surface area contributed by atoms with Crippen molar-refractivity contribution in [2.24, 2.45) is 17.6 Å². The molecule has 3 atom stereocenters. The number of amides is 1. The molecule has 3 aromatic heterocycles. The van der Waals surface area contributed by atoms with Gasteiger partial charge in [-0.3, -0.25) is 4.79 Å². The molecule has 1 aliphatic heterocycles. The topological polar surface area (TPSA) is 73.4 Å². The fourth-order valence-corrected chi connectivity index (χ4v) is 6.89. The first-order valence-electron chi connectivity index (χ1n) is 12.5. The number of likely N-dealkylation sites (tertiary alicyclic amines) is 1. The average molecular weight is 489 g/mol. The molecule has 1 aliphatic carbocycles. The van der Waals surface area contributed by atoms with Crippen LogP contribution < -0.4 is 10.5 Å². The van der Waals surface area contributed by atoms with Gasteiger partial charge >= 0.3 is 0 Å². The molecule has 1 saturated carbocycles. The van der Waals surface area contributed by atoms with E-state index in [1.165, 1.54) is 29.0 Å². The Hall–Kier alpha value is -2.90. The number of aryl methyl sites for hydroxylation is 1. The monoisotopic (exact) mass is 488 g/mol. The van der Waals surface area contributed by atoms with E-state index in [9.17, 15) is 4.79 Å². The summed E-state index contributed by atoms with van der Waals surface area (Å²) in [6.07, 6.45) is 4.45. The molecule has 1 aromatic carbocycles. The average Bonchev–Trinajstić information content (AvgIpc) is 3.46. The lowest BCUT2D eigenvalue weighted by Gasteiger charge is -2.23. The summed E-state index contributed by atoms with van der Waals surface area (Å²) in [4.78, 5) is 21.4. The Kier molecular flexibility index (Phi) is 5.38. The van der Waals surface area contributed by atoms with Gasteiger partial charge in [-0.05, 0) is 74.4 Å². The molecule has 1 saturated heterocycles. The van der Waals surface area contributed by atoms with Crippen LogP contribution in [-0.2, 0) is 6.54 Å². The lowest BCUT2D eigenvalue weighted by molar-refractivity contribution is 0.0739. The maximum atomic E-state index is 13.5. The molecule has 6 rings (SSSR count). The first kappa shape index (κ1) is 22.6. The Morgan fingerprint density at radius 1 is 1.26 bits per heavy atom. The van der Waals surface area contributed by atoms with Gasteiger partial charge in [-0.2, -0.15) is 0 Å². The summed E-state index contributed by atoms with van der Waals surface area (Å²) < 4.78 is 9.29. The summed E-state index contributed by atoms with van der Waals surface area (Å²) in [5, 5.41) is 2.25. The molecule has 4 heterocycles. The molecule has 2 fully saturated rings. The van der Waals surface area contributed by atoms with Gasteiger partial charge in [0.2, 0.25) is 0 Å². The van der Waals surface area contributed by atoms with E-state index in [1.54, 1.807) is 18.4 Å². The van der Waals surface area contributed by atoms with Crippen LogP contribution in [0.5, 0.6) is 5.75 Å². The van der Waals surface area contributed by atoms with E-state index < -0.39 is 0 Å². The van der Waals surface area contributed by atoms with Crippen molar-refractivity contribution >= 4 is 38.4 Å². The van der Waals surface area contributed by atoms with Gasteiger partial charge < -0.3 is 19.9 Å². The number of rotatable bonds is 5. The number of aromatic nitrogens is 2. The van der Waals surface area contributed by atoms with Crippen LogP contribution in [0, 0.1) is 18.8 Å². The molecule has 0 radical (unpaired) electrons. The van der Waals surface area contributed by atoms with E-state index in [2.05, 4.69) is 30.5 Å². The molecular formula is C28H32N4O2S. The van der Waals surface area contributed by atoms with Crippen LogP contribution in [0.4, 0.5) is 0 Å². The van der Waals surface area contributed by atoms with Gasteiger partial charge in [-0.1, -0.05) is 6.92 Å². The summed E-state index contributed by atoms with van der Waals surface area (Å²) in [6.45, 7) is 8.00. The SMILES string of the molecule is COc1cc(C(=O)N2CC(C)C(N)C2C)cc2sc(-c3cc4cccnc4n3CC3CC3)c(C)c12. The number of carbonyl (C=O) groups excluding carboxylic acids is 1. The van der Waals surface area contributed by atoms with Crippen molar-refractivity contribution in [2.75, 3.05) is 13.7 Å². The number of methoxy groups -OCH3 is 1. The minimum absolute atomic E-state index is 0.00200. The molecular weight excluding hydrogens is 456 g/mol. The molecule has 4 aromatic rings. The van der Waals surface area contributed by atoms with Crippen LogP contribution >= 0.6 is 11.3 Å². The summed E-state index contributed by atoms with van der Waals surface area (Å²) >= 11 is 1.74. The number of carbonyl (C=O) groups is 1. The van der Waals surface area contributed by atoms with E-state index in [0.717, 1.165) is 39.3 Å². The third-order valence-electron chi connectivity index (χ3n) is 7.94. The van der Waals surface area contributed by atoms with E-state index in [0.29, 0.717) is 12.1 Å². The summed E-state index contributed by atoms with van der Waals surface area (Å²) in [7, 11) is 1.68. The summed E-state index contributed by atoms with van der Waals surface area (Å²) in [5.41, 5.74) is 10.4. The van der Waals surface area contributed by atoms with Gasteiger partial charge in [0.1, 0.15) is 11.4 Å². The predicted octanol–water partition coefficient (Wildman–Crippen LogP) is 5.45.